The number of rotatable bonds is 5. The van der Waals surface area contributed by atoms with Crippen LogP contribution in [0, 0.1) is 11.8 Å². The van der Waals surface area contributed by atoms with Crippen LogP contribution in [0.3, 0.4) is 0 Å². The van der Waals surface area contributed by atoms with Crippen LogP contribution in [0.15, 0.2) is 22.7 Å². The summed E-state index contributed by atoms with van der Waals surface area (Å²) in [5.74, 6) is -5.59. The molecular formula is C16H13F4N3O3. The van der Waals surface area contributed by atoms with Crippen molar-refractivity contribution in [1.82, 2.24) is 10.1 Å². The zero-order valence-electron chi connectivity index (χ0n) is 13.2. The molecule has 2 aromatic rings. The highest BCUT2D eigenvalue weighted by molar-refractivity contribution is 5.84. The van der Waals surface area contributed by atoms with Crippen molar-refractivity contribution in [1.29, 1.82) is 0 Å². The van der Waals surface area contributed by atoms with E-state index in [4.69, 9.17) is 5.11 Å². The highest BCUT2D eigenvalue weighted by atomic mass is 19.3. The Kier molecular flexibility index (Phi) is 3.67. The van der Waals surface area contributed by atoms with E-state index in [1.807, 2.05) is 0 Å². The summed E-state index contributed by atoms with van der Waals surface area (Å²) in [5.41, 5.74) is -0.126. The topological polar surface area (TPSA) is 79.5 Å². The fourth-order valence-corrected chi connectivity index (χ4v) is 3.39. The quantitative estimate of drug-likeness (QED) is 0.814. The number of nitrogens with zero attached hydrogens (tertiary/aromatic N) is 3. The number of carbonyl (C=O) groups is 1. The van der Waals surface area contributed by atoms with Gasteiger partial charge in [-0.15, -0.1) is 0 Å². The van der Waals surface area contributed by atoms with Gasteiger partial charge < -0.3 is 14.5 Å². The zero-order chi connectivity index (χ0) is 18.6. The number of aromatic nitrogens is 2. The SMILES string of the molecule is O=C(O)c1cc(Cc2ccc(N3CC4C(C3)C4(F)F)nc2C(F)F)no1. The molecule has 1 saturated carbocycles. The molecule has 4 rings (SSSR count). The molecule has 138 valence electrons. The molecule has 10 heteroatoms. The third-order valence-corrected chi connectivity index (χ3v) is 4.87. The van der Waals surface area contributed by atoms with Crippen LogP contribution in [0.25, 0.3) is 0 Å². The lowest BCUT2D eigenvalue weighted by Crippen LogP contribution is -2.28. The van der Waals surface area contributed by atoms with Gasteiger partial charge in [-0.3, -0.25) is 0 Å². The largest absolute Gasteiger partial charge is 0.475 e. The molecular weight excluding hydrogens is 358 g/mol. The number of aromatic carboxylic acids is 1. The second kappa shape index (κ2) is 5.68. The summed E-state index contributed by atoms with van der Waals surface area (Å²) in [6.45, 7) is 0.190. The lowest BCUT2D eigenvalue weighted by atomic mass is 10.1. The minimum absolute atomic E-state index is 0.0763. The number of anilines is 1. The summed E-state index contributed by atoms with van der Waals surface area (Å²) in [7, 11) is 0. The van der Waals surface area contributed by atoms with Crippen molar-refractivity contribution in [3.8, 4) is 0 Å². The van der Waals surface area contributed by atoms with E-state index in [2.05, 4.69) is 14.7 Å². The molecule has 0 bridgehead atoms. The number of alkyl halides is 4. The Hall–Kier alpha value is -2.65. The minimum Gasteiger partial charge on any atom is -0.475 e. The van der Waals surface area contributed by atoms with Crippen molar-refractivity contribution in [3.05, 3.63) is 40.9 Å². The average Bonchev–Trinajstić information content (AvgIpc) is 3.04. The van der Waals surface area contributed by atoms with Crippen LogP contribution in [-0.4, -0.2) is 40.2 Å². The van der Waals surface area contributed by atoms with Crippen molar-refractivity contribution in [2.24, 2.45) is 11.8 Å². The molecule has 2 fully saturated rings. The Morgan fingerprint density at radius 2 is 2.04 bits per heavy atom. The lowest BCUT2D eigenvalue weighted by molar-refractivity contribution is 0.0651. The number of hydrogen-bond acceptors (Lipinski definition) is 5. The highest BCUT2D eigenvalue weighted by Gasteiger charge is 2.71. The smallest absolute Gasteiger partial charge is 0.374 e. The summed E-state index contributed by atoms with van der Waals surface area (Å²) in [4.78, 5) is 16.3. The van der Waals surface area contributed by atoms with Gasteiger partial charge in [0.15, 0.2) is 0 Å². The van der Waals surface area contributed by atoms with Gasteiger partial charge in [0.1, 0.15) is 11.5 Å². The number of carboxylic acids is 1. The Bertz CT molecular complexity index is 856. The number of hydrogen-bond donors (Lipinski definition) is 1. The van der Waals surface area contributed by atoms with Gasteiger partial charge in [0.05, 0.1) is 17.5 Å². The van der Waals surface area contributed by atoms with E-state index in [9.17, 15) is 22.4 Å². The Balaban J connectivity index is 1.55. The van der Waals surface area contributed by atoms with Gasteiger partial charge in [-0.2, -0.15) is 0 Å². The summed E-state index contributed by atoms with van der Waals surface area (Å²) in [6.07, 6.45) is -2.94. The normalized spacial score (nSPS) is 23.3. The molecule has 1 aliphatic heterocycles. The van der Waals surface area contributed by atoms with Crippen LogP contribution < -0.4 is 4.90 Å². The Morgan fingerprint density at radius 3 is 2.62 bits per heavy atom. The maximum atomic E-state index is 13.4. The van der Waals surface area contributed by atoms with Crippen molar-refractivity contribution < 1.29 is 32.0 Å². The van der Waals surface area contributed by atoms with Gasteiger partial charge in [0, 0.05) is 25.6 Å². The molecule has 2 atom stereocenters. The second-order valence-electron chi connectivity index (χ2n) is 6.47. The predicted octanol–water partition coefficient (Wildman–Crippen LogP) is 3.00. The standard InChI is InChI=1S/C16H13F4N3O3/c17-14(18)13-7(3-8-4-11(15(24)25)26-22-8)1-2-12(21-13)23-5-9-10(6-23)16(9,19)20/h1-2,4,9-10,14H,3,5-6H2,(H,24,25). The van der Waals surface area contributed by atoms with Gasteiger partial charge in [0.2, 0.25) is 5.76 Å². The molecule has 2 unspecified atom stereocenters. The molecule has 2 aliphatic rings. The summed E-state index contributed by atoms with van der Waals surface area (Å²) in [6, 6.07) is 4.09. The first-order valence-corrected chi connectivity index (χ1v) is 7.87. The third-order valence-electron chi connectivity index (χ3n) is 4.87. The Labute approximate surface area is 144 Å². The van der Waals surface area contributed by atoms with Crippen LogP contribution in [0.5, 0.6) is 0 Å². The molecule has 1 aliphatic carbocycles. The molecule has 1 saturated heterocycles. The Morgan fingerprint density at radius 1 is 1.35 bits per heavy atom. The van der Waals surface area contributed by atoms with Crippen LogP contribution in [-0.2, 0) is 6.42 Å². The van der Waals surface area contributed by atoms with E-state index in [0.717, 1.165) is 6.07 Å². The maximum absolute atomic E-state index is 13.4. The second-order valence-corrected chi connectivity index (χ2v) is 6.47. The van der Waals surface area contributed by atoms with Crippen molar-refractivity contribution >= 4 is 11.8 Å². The van der Waals surface area contributed by atoms with Crippen LogP contribution in [0.1, 0.15) is 33.9 Å². The third kappa shape index (κ3) is 2.69. The minimum atomic E-state index is -2.87. The van der Waals surface area contributed by atoms with Crippen molar-refractivity contribution in [3.63, 3.8) is 0 Å². The average molecular weight is 371 g/mol. The first-order chi connectivity index (χ1) is 12.3. The van der Waals surface area contributed by atoms with Crippen LogP contribution in [0.4, 0.5) is 23.4 Å². The lowest BCUT2D eigenvalue weighted by Gasteiger charge is -2.22. The zero-order valence-corrected chi connectivity index (χ0v) is 13.2. The molecule has 0 spiro atoms. The number of piperidine rings is 1. The fourth-order valence-electron chi connectivity index (χ4n) is 3.39. The molecule has 26 heavy (non-hydrogen) atoms. The van der Waals surface area contributed by atoms with E-state index in [1.165, 1.54) is 12.1 Å². The molecule has 3 heterocycles. The van der Waals surface area contributed by atoms with E-state index >= 15 is 0 Å². The van der Waals surface area contributed by atoms with Crippen LogP contribution in [0.2, 0.25) is 0 Å². The van der Waals surface area contributed by atoms with Gasteiger partial charge >= 0.3 is 5.97 Å². The van der Waals surface area contributed by atoms with Gasteiger partial charge in [0.25, 0.3) is 12.3 Å². The van der Waals surface area contributed by atoms with E-state index in [-0.39, 0.29) is 42.3 Å². The van der Waals surface area contributed by atoms with Gasteiger partial charge in [-0.1, -0.05) is 11.2 Å². The van der Waals surface area contributed by atoms with Gasteiger partial charge in [-0.25, -0.2) is 27.3 Å². The van der Waals surface area contributed by atoms with Crippen molar-refractivity contribution in [2.75, 3.05) is 18.0 Å². The summed E-state index contributed by atoms with van der Waals surface area (Å²) >= 11 is 0. The number of halogens is 4. The maximum Gasteiger partial charge on any atom is 0.374 e. The van der Waals surface area contributed by atoms with E-state index in [1.54, 1.807) is 4.90 Å². The highest BCUT2D eigenvalue weighted by Crippen LogP contribution is 2.59. The number of carboxylic acid groups (broad SMARTS) is 1. The molecule has 6 nitrogen and oxygen atoms in total. The van der Waals surface area contributed by atoms with Gasteiger partial charge in [-0.05, 0) is 11.6 Å². The first kappa shape index (κ1) is 16.8. The summed E-state index contributed by atoms with van der Waals surface area (Å²) in [5, 5.41) is 12.3. The molecule has 0 radical (unpaired) electrons. The predicted molar refractivity (Wildman–Crippen MR) is 79.6 cm³/mol. The van der Waals surface area contributed by atoms with E-state index in [0.29, 0.717) is 0 Å². The fraction of sp³-hybridized carbons (Fsp3) is 0.438. The first-order valence-electron chi connectivity index (χ1n) is 7.87. The van der Waals surface area contributed by atoms with E-state index < -0.39 is 35.8 Å². The number of fused-ring (bicyclic) bond motifs is 1. The monoisotopic (exact) mass is 371 g/mol. The summed E-state index contributed by atoms with van der Waals surface area (Å²) < 4.78 is 58.0. The molecule has 1 N–H and O–H groups in total. The molecule has 0 amide bonds. The van der Waals surface area contributed by atoms with Crippen LogP contribution >= 0.6 is 0 Å². The molecule has 2 aromatic heterocycles. The van der Waals surface area contributed by atoms with Crippen molar-refractivity contribution in [2.45, 2.75) is 18.8 Å². The number of pyridine rings is 1. The molecule has 0 aromatic carbocycles.